The minimum atomic E-state index is 0.467. The van der Waals surface area contributed by atoms with Crippen LogP contribution in [0.3, 0.4) is 0 Å². The van der Waals surface area contributed by atoms with Crippen LogP contribution in [-0.2, 0) is 0 Å². The average molecular weight is 302 g/mol. The fraction of sp³-hybridized carbons (Fsp3) is 1.00. The Labute approximate surface area is 133 Å². The van der Waals surface area contributed by atoms with Crippen LogP contribution in [0.4, 0.5) is 0 Å². The highest BCUT2D eigenvalue weighted by Gasteiger charge is 2.35. The molecule has 1 N–H and O–H groups in total. The lowest BCUT2D eigenvalue weighted by Crippen LogP contribution is -2.41. The molecule has 0 aliphatic carbocycles. The third kappa shape index (κ3) is 7.36. The van der Waals surface area contributed by atoms with Crippen molar-refractivity contribution >= 4 is 11.8 Å². The molecule has 0 amide bonds. The summed E-state index contributed by atoms with van der Waals surface area (Å²) in [5.41, 5.74) is 0.467. The molecule has 0 bridgehead atoms. The summed E-state index contributed by atoms with van der Waals surface area (Å²) in [5, 5.41) is 3.71. The summed E-state index contributed by atoms with van der Waals surface area (Å²) < 4.78 is 0. The molecule has 0 radical (unpaired) electrons. The van der Waals surface area contributed by atoms with E-state index >= 15 is 0 Å². The highest BCUT2D eigenvalue weighted by molar-refractivity contribution is 7.98. The van der Waals surface area contributed by atoms with Gasteiger partial charge in [0.2, 0.25) is 0 Å². The van der Waals surface area contributed by atoms with Crippen LogP contribution in [0.5, 0.6) is 0 Å². The van der Waals surface area contributed by atoms with Gasteiger partial charge in [0.05, 0.1) is 0 Å². The van der Waals surface area contributed by atoms with E-state index in [1.165, 1.54) is 50.8 Å². The number of hydrogen-bond donors (Lipinski definition) is 1. The van der Waals surface area contributed by atoms with Crippen molar-refractivity contribution in [2.45, 2.75) is 73.1 Å². The van der Waals surface area contributed by atoms with E-state index in [4.69, 9.17) is 0 Å². The van der Waals surface area contributed by atoms with Crippen LogP contribution in [0, 0.1) is 17.3 Å². The molecular formula is C18H39NS. The Hall–Kier alpha value is 0.310. The monoisotopic (exact) mass is 301 g/mol. The SMILES string of the molecule is CCCCC[C@](C)(CNCCC)C(CC)[C@H](C)CSC. The number of rotatable bonds is 13. The summed E-state index contributed by atoms with van der Waals surface area (Å²) >= 11 is 2.01. The van der Waals surface area contributed by atoms with Crippen LogP contribution < -0.4 is 5.32 Å². The van der Waals surface area contributed by atoms with Crippen molar-refractivity contribution in [2.75, 3.05) is 25.1 Å². The van der Waals surface area contributed by atoms with Gasteiger partial charge in [0.1, 0.15) is 0 Å². The van der Waals surface area contributed by atoms with Gasteiger partial charge < -0.3 is 5.32 Å². The summed E-state index contributed by atoms with van der Waals surface area (Å²) in [6, 6.07) is 0. The standard InChI is InChI=1S/C18H39NS/c1-7-10-11-12-18(5,15-19-13-8-2)17(9-3)16(4)14-20-6/h16-17,19H,7-15H2,1-6H3/t16-,17?,18-/m1/s1. The second-order valence-corrected chi connectivity index (χ2v) is 7.65. The van der Waals surface area contributed by atoms with Crippen molar-refractivity contribution in [3.05, 3.63) is 0 Å². The van der Waals surface area contributed by atoms with Crippen molar-refractivity contribution in [1.29, 1.82) is 0 Å². The smallest absolute Gasteiger partial charge is 0.000792 e. The molecule has 1 unspecified atom stereocenters. The van der Waals surface area contributed by atoms with Crippen molar-refractivity contribution in [2.24, 2.45) is 17.3 Å². The number of hydrogen-bond acceptors (Lipinski definition) is 2. The van der Waals surface area contributed by atoms with Crippen LogP contribution in [0.1, 0.15) is 73.1 Å². The zero-order valence-corrected chi connectivity index (χ0v) is 15.7. The first-order valence-corrected chi connectivity index (χ1v) is 10.1. The van der Waals surface area contributed by atoms with Crippen molar-refractivity contribution in [1.82, 2.24) is 5.32 Å². The Morgan fingerprint density at radius 3 is 2.30 bits per heavy atom. The van der Waals surface area contributed by atoms with E-state index in [0.29, 0.717) is 5.41 Å². The van der Waals surface area contributed by atoms with E-state index in [1.807, 2.05) is 11.8 Å². The minimum absolute atomic E-state index is 0.467. The molecule has 0 saturated carbocycles. The fourth-order valence-corrected chi connectivity index (χ4v) is 4.45. The third-order valence-corrected chi connectivity index (χ3v) is 5.62. The Morgan fingerprint density at radius 2 is 1.80 bits per heavy atom. The fourth-order valence-electron chi connectivity index (χ4n) is 3.70. The van der Waals surface area contributed by atoms with Gasteiger partial charge in [-0.25, -0.2) is 0 Å². The zero-order chi connectivity index (χ0) is 15.4. The maximum Gasteiger partial charge on any atom is 0.000792 e. The van der Waals surface area contributed by atoms with Crippen molar-refractivity contribution < 1.29 is 0 Å². The molecule has 3 atom stereocenters. The second-order valence-electron chi connectivity index (χ2n) is 6.74. The Bertz CT molecular complexity index is 207. The van der Waals surface area contributed by atoms with Crippen molar-refractivity contribution in [3.63, 3.8) is 0 Å². The number of thioether (sulfide) groups is 1. The molecule has 2 heteroatoms. The summed E-state index contributed by atoms with van der Waals surface area (Å²) in [4.78, 5) is 0. The number of unbranched alkanes of at least 4 members (excludes halogenated alkanes) is 2. The highest BCUT2D eigenvalue weighted by atomic mass is 32.2. The molecule has 0 spiro atoms. The van der Waals surface area contributed by atoms with E-state index in [-0.39, 0.29) is 0 Å². The lowest BCUT2D eigenvalue weighted by atomic mass is 9.67. The Balaban J connectivity index is 4.73. The van der Waals surface area contributed by atoms with Crippen LogP contribution >= 0.6 is 11.8 Å². The molecule has 122 valence electrons. The first-order valence-electron chi connectivity index (χ1n) is 8.75. The van der Waals surface area contributed by atoms with E-state index in [1.54, 1.807) is 0 Å². The quantitative estimate of drug-likeness (QED) is 0.444. The van der Waals surface area contributed by atoms with Gasteiger partial charge in [-0.3, -0.25) is 0 Å². The van der Waals surface area contributed by atoms with E-state index in [9.17, 15) is 0 Å². The van der Waals surface area contributed by atoms with Gasteiger partial charge >= 0.3 is 0 Å². The molecule has 0 aromatic carbocycles. The molecule has 0 rings (SSSR count). The highest BCUT2D eigenvalue weighted by Crippen LogP contribution is 2.40. The summed E-state index contributed by atoms with van der Waals surface area (Å²) in [7, 11) is 0. The molecule has 0 aromatic rings. The van der Waals surface area contributed by atoms with E-state index in [2.05, 4.69) is 46.2 Å². The maximum atomic E-state index is 3.71. The Kier molecular flexibility index (Phi) is 12.1. The predicted molar refractivity (Wildman–Crippen MR) is 96.7 cm³/mol. The predicted octanol–water partition coefficient (Wildman–Crippen LogP) is 5.60. The third-order valence-electron chi connectivity index (χ3n) is 4.76. The van der Waals surface area contributed by atoms with Crippen LogP contribution in [0.2, 0.25) is 0 Å². The van der Waals surface area contributed by atoms with Gasteiger partial charge in [-0.05, 0) is 48.6 Å². The Morgan fingerprint density at radius 1 is 1.10 bits per heavy atom. The van der Waals surface area contributed by atoms with E-state index < -0.39 is 0 Å². The van der Waals surface area contributed by atoms with Crippen molar-refractivity contribution in [3.8, 4) is 0 Å². The lowest BCUT2D eigenvalue weighted by molar-refractivity contribution is 0.112. The average Bonchev–Trinajstić information content (AvgIpc) is 2.40. The van der Waals surface area contributed by atoms with Gasteiger partial charge in [-0.1, -0.05) is 60.3 Å². The second kappa shape index (κ2) is 11.9. The molecular weight excluding hydrogens is 262 g/mol. The van der Waals surface area contributed by atoms with Gasteiger partial charge in [-0.2, -0.15) is 11.8 Å². The molecule has 0 aliphatic rings. The molecule has 1 nitrogen and oxygen atoms in total. The summed E-state index contributed by atoms with van der Waals surface area (Å²) in [6.07, 6.45) is 10.3. The molecule has 20 heavy (non-hydrogen) atoms. The summed E-state index contributed by atoms with van der Waals surface area (Å²) in [5.74, 6) is 2.97. The zero-order valence-electron chi connectivity index (χ0n) is 14.9. The van der Waals surface area contributed by atoms with Gasteiger partial charge in [0, 0.05) is 6.54 Å². The summed E-state index contributed by atoms with van der Waals surface area (Å²) in [6.45, 7) is 14.3. The molecule has 0 heterocycles. The molecule has 0 aliphatic heterocycles. The normalized spacial score (nSPS) is 17.7. The topological polar surface area (TPSA) is 12.0 Å². The minimum Gasteiger partial charge on any atom is -0.316 e. The maximum absolute atomic E-state index is 3.71. The van der Waals surface area contributed by atoms with Crippen LogP contribution in [0.15, 0.2) is 0 Å². The van der Waals surface area contributed by atoms with E-state index in [0.717, 1.165) is 18.4 Å². The number of nitrogens with one attached hydrogen (secondary N) is 1. The first kappa shape index (κ1) is 20.3. The van der Waals surface area contributed by atoms with Gasteiger partial charge in [-0.15, -0.1) is 0 Å². The molecule has 0 saturated heterocycles. The molecule has 0 fully saturated rings. The molecule has 0 aromatic heterocycles. The van der Waals surface area contributed by atoms with Gasteiger partial charge in [0.25, 0.3) is 0 Å². The van der Waals surface area contributed by atoms with Crippen LogP contribution in [-0.4, -0.2) is 25.1 Å². The lowest BCUT2D eigenvalue weighted by Gasteiger charge is -2.41. The van der Waals surface area contributed by atoms with Crippen LogP contribution in [0.25, 0.3) is 0 Å². The van der Waals surface area contributed by atoms with Gasteiger partial charge in [0.15, 0.2) is 0 Å². The largest absolute Gasteiger partial charge is 0.316 e. The first-order chi connectivity index (χ1) is 9.55.